The van der Waals surface area contributed by atoms with Gasteiger partial charge in [0.25, 0.3) is 11.5 Å². The number of rotatable bonds is 8. The fourth-order valence-electron chi connectivity index (χ4n) is 6.36. The number of piperazine rings is 1. The monoisotopic (exact) mass is 713 g/mol. The number of thiophene rings is 1. The van der Waals surface area contributed by atoms with E-state index in [-0.39, 0.29) is 77.1 Å². The molecule has 18 heteroatoms. The van der Waals surface area contributed by atoms with Crippen LogP contribution in [0, 0.1) is 6.92 Å². The Morgan fingerprint density at radius 1 is 1.16 bits per heavy atom. The summed E-state index contributed by atoms with van der Waals surface area (Å²) in [7, 11) is 0. The minimum absolute atomic E-state index is 0.0970. The number of amides is 2. The quantitative estimate of drug-likeness (QED) is 0.276. The van der Waals surface area contributed by atoms with E-state index < -0.39 is 29.1 Å². The Balaban J connectivity index is 1.22. The number of nitrogens with one attached hydrogen (secondary N) is 1. The van der Waals surface area contributed by atoms with Gasteiger partial charge in [-0.25, -0.2) is 9.97 Å². The lowest BCUT2D eigenvalue weighted by atomic mass is 10.1. The van der Waals surface area contributed by atoms with Crippen LogP contribution in [0.25, 0.3) is 11.4 Å². The molecule has 0 spiro atoms. The number of anilines is 2. The molecule has 0 unspecified atom stereocenters. The minimum Gasteiger partial charge on any atom is -0.504 e. The number of alkyl halides is 3. The lowest BCUT2D eigenvalue weighted by Gasteiger charge is -2.36. The molecule has 0 bridgehead atoms. The van der Waals surface area contributed by atoms with Crippen molar-refractivity contribution < 1.29 is 32.6 Å². The fraction of sp³-hybridized carbons (Fsp3) is 0.469. The summed E-state index contributed by atoms with van der Waals surface area (Å²) in [5, 5.41) is 17.7. The highest BCUT2D eigenvalue weighted by Crippen LogP contribution is 2.50. The Labute approximate surface area is 287 Å². The molecule has 50 heavy (non-hydrogen) atoms. The summed E-state index contributed by atoms with van der Waals surface area (Å²) >= 11 is 0.935. The molecule has 14 nitrogen and oxygen atoms in total. The van der Waals surface area contributed by atoms with Crippen molar-refractivity contribution in [2.45, 2.75) is 58.2 Å². The van der Waals surface area contributed by atoms with E-state index >= 15 is 0 Å². The van der Waals surface area contributed by atoms with E-state index in [0.717, 1.165) is 27.5 Å². The molecule has 264 valence electrons. The summed E-state index contributed by atoms with van der Waals surface area (Å²) in [5.41, 5.74) is 0.551. The van der Waals surface area contributed by atoms with Gasteiger partial charge in [0.15, 0.2) is 17.3 Å². The third kappa shape index (κ3) is 6.32. The molecule has 2 N–H and O–H groups in total. The number of halogens is 3. The zero-order chi connectivity index (χ0) is 35.3. The van der Waals surface area contributed by atoms with Crippen LogP contribution in [0.15, 0.2) is 23.3 Å². The van der Waals surface area contributed by atoms with Crippen LogP contribution in [-0.2, 0) is 28.7 Å². The highest BCUT2D eigenvalue weighted by molar-refractivity contribution is 7.16. The molecule has 2 fully saturated rings. The van der Waals surface area contributed by atoms with Gasteiger partial charge in [-0.2, -0.15) is 22.7 Å². The van der Waals surface area contributed by atoms with Crippen molar-refractivity contribution >= 4 is 45.2 Å². The minimum atomic E-state index is -4.54. The highest BCUT2D eigenvalue weighted by Gasteiger charge is 2.40. The van der Waals surface area contributed by atoms with E-state index in [1.165, 1.54) is 11.2 Å². The van der Waals surface area contributed by atoms with Crippen molar-refractivity contribution in [1.29, 1.82) is 0 Å². The zero-order valence-electron chi connectivity index (χ0n) is 27.3. The Morgan fingerprint density at radius 3 is 2.58 bits per heavy atom. The first-order chi connectivity index (χ1) is 23.9. The molecule has 1 saturated carbocycles. The van der Waals surface area contributed by atoms with Gasteiger partial charge in [0, 0.05) is 31.1 Å². The molecule has 1 aliphatic carbocycles. The van der Waals surface area contributed by atoms with E-state index in [9.17, 15) is 32.7 Å². The van der Waals surface area contributed by atoms with Gasteiger partial charge < -0.3 is 29.5 Å². The number of aromatic nitrogens is 6. The van der Waals surface area contributed by atoms with Gasteiger partial charge in [0.2, 0.25) is 11.7 Å². The molecule has 4 aromatic rings. The van der Waals surface area contributed by atoms with Crippen molar-refractivity contribution in [1.82, 2.24) is 34.0 Å². The van der Waals surface area contributed by atoms with Gasteiger partial charge in [0.05, 0.1) is 35.2 Å². The van der Waals surface area contributed by atoms with E-state index in [2.05, 4.69) is 25.4 Å². The second kappa shape index (κ2) is 13.1. The molecule has 6 heterocycles. The van der Waals surface area contributed by atoms with Crippen molar-refractivity contribution in [3.8, 4) is 5.75 Å². The molecule has 4 aromatic heterocycles. The Kier molecular flexibility index (Phi) is 8.83. The molecule has 1 saturated heterocycles. The van der Waals surface area contributed by atoms with Gasteiger partial charge in [-0.05, 0) is 50.2 Å². The lowest BCUT2D eigenvalue weighted by molar-refractivity contribution is -0.137. The third-order valence-electron chi connectivity index (χ3n) is 9.08. The number of fused-ring (bicyclic) bond motifs is 1. The first-order valence-corrected chi connectivity index (χ1v) is 17.1. The Bertz CT molecular complexity index is 2080. The lowest BCUT2D eigenvalue weighted by Crippen LogP contribution is -2.51. The predicted molar refractivity (Wildman–Crippen MR) is 177 cm³/mol. The predicted octanol–water partition coefficient (Wildman–Crippen LogP) is 3.62. The zero-order valence-corrected chi connectivity index (χ0v) is 28.1. The number of nitrogens with zero attached hydrogens (tertiary/aromatic N) is 8. The maximum Gasteiger partial charge on any atom is 0.417 e. The third-order valence-corrected chi connectivity index (χ3v) is 10.3. The highest BCUT2D eigenvalue weighted by atomic mass is 32.1. The van der Waals surface area contributed by atoms with E-state index in [1.54, 1.807) is 11.5 Å². The van der Waals surface area contributed by atoms with Crippen LogP contribution in [0.2, 0.25) is 0 Å². The molecule has 0 radical (unpaired) electrons. The molecule has 2 amide bonds. The summed E-state index contributed by atoms with van der Waals surface area (Å²) in [6, 6.07) is 0.986. The van der Waals surface area contributed by atoms with Crippen LogP contribution in [0.4, 0.5) is 23.9 Å². The van der Waals surface area contributed by atoms with Crippen LogP contribution in [0.5, 0.6) is 5.75 Å². The van der Waals surface area contributed by atoms with Gasteiger partial charge >= 0.3 is 6.18 Å². The molecule has 7 rings (SSSR count). The summed E-state index contributed by atoms with van der Waals surface area (Å²) in [5.74, 6) is -1.06. The van der Waals surface area contributed by atoms with Gasteiger partial charge in [-0.1, -0.05) is 13.0 Å². The maximum atomic E-state index is 14.2. The Hall–Kier alpha value is -4.84. The van der Waals surface area contributed by atoms with E-state index in [4.69, 9.17) is 4.74 Å². The smallest absolute Gasteiger partial charge is 0.417 e. The summed E-state index contributed by atoms with van der Waals surface area (Å²) in [6.45, 7) is 4.79. The number of carbonyl (C=O) groups excluding carboxylic acids is 2. The largest absolute Gasteiger partial charge is 0.504 e. The van der Waals surface area contributed by atoms with Crippen LogP contribution in [0.1, 0.15) is 70.2 Å². The van der Waals surface area contributed by atoms with Crippen molar-refractivity contribution in [3.05, 3.63) is 62.2 Å². The van der Waals surface area contributed by atoms with Crippen LogP contribution < -0.4 is 15.8 Å². The Morgan fingerprint density at radius 2 is 1.92 bits per heavy atom. The second-order valence-corrected chi connectivity index (χ2v) is 13.5. The standard InChI is InChI=1S/C32H34F3N9O5S/c1-3-21-25(41-8-10-42(11-9-41)29(47)24-26(46)17(2)36-16-37-24)30(48)44-31(39-28(40-44)19-6-12-49-13-7-19)43(21)15-22(45)38-23-14-20(32(33,34)35)27(50-23)18-4-5-18/h6,14,16,18,46H,3-5,7-13,15H2,1-2H3,(H,38,45). The first kappa shape index (κ1) is 33.6. The van der Waals surface area contributed by atoms with Crippen molar-refractivity contribution in [3.63, 3.8) is 0 Å². The van der Waals surface area contributed by atoms with E-state index in [1.807, 2.05) is 17.9 Å². The second-order valence-electron chi connectivity index (χ2n) is 12.4. The van der Waals surface area contributed by atoms with Crippen LogP contribution in [0.3, 0.4) is 0 Å². The van der Waals surface area contributed by atoms with Crippen molar-refractivity contribution in [2.24, 2.45) is 0 Å². The number of hydrogen-bond donors (Lipinski definition) is 2. The molecular formula is C32H34F3N9O5S. The average molecular weight is 714 g/mol. The number of carbonyl (C=O) groups is 2. The van der Waals surface area contributed by atoms with Gasteiger partial charge in [0.1, 0.15) is 18.6 Å². The molecule has 0 aromatic carbocycles. The summed E-state index contributed by atoms with van der Waals surface area (Å²) in [6.07, 6.45) is 0.703. The fourth-order valence-corrected chi connectivity index (χ4v) is 7.62. The molecule has 0 atom stereocenters. The number of aromatic hydroxyl groups is 1. The number of aryl methyl sites for hydroxylation is 1. The number of ether oxygens (including phenoxy) is 1. The van der Waals surface area contributed by atoms with Crippen molar-refractivity contribution in [2.75, 3.05) is 49.6 Å². The molecular weight excluding hydrogens is 679 g/mol. The van der Waals surface area contributed by atoms with Crippen LogP contribution >= 0.6 is 11.3 Å². The topological polar surface area (TPSA) is 160 Å². The normalized spacial score (nSPS) is 16.9. The summed E-state index contributed by atoms with van der Waals surface area (Å²) < 4.78 is 49.6. The van der Waals surface area contributed by atoms with Gasteiger partial charge in [-0.15, -0.1) is 16.4 Å². The van der Waals surface area contributed by atoms with E-state index in [0.29, 0.717) is 50.4 Å². The summed E-state index contributed by atoms with van der Waals surface area (Å²) in [4.78, 5) is 57.1. The SMILES string of the molecule is CCc1c(N2CCN(C(=O)c3ncnc(C)c3O)CC2)c(=O)n2nc(C3=CCOCC3)nc2n1CC(=O)Nc1cc(C(F)(F)F)c(C2CC2)s1. The molecule has 2 aliphatic heterocycles. The average Bonchev–Trinajstić information content (AvgIpc) is 3.69. The molecule has 3 aliphatic rings. The first-order valence-electron chi connectivity index (χ1n) is 16.3. The number of hydrogen-bond acceptors (Lipinski definition) is 11. The maximum absolute atomic E-state index is 14.2. The van der Waals surface area contributed by atoms with Gasteiger partial charge in [-0.3, -0.25) is 14.4 Å². The van der Waals surface area contributed by atoms with Crippen LogP contribution in [-0.4, -0.2) is 90.3 Å².